The number of amides is 1. The molecular weight excluding hydrogens is 557 g/mol. The van der Waals surface area contributed by atoms with Crippen molar-refractivity contribution in [2.45, 2.75) is 69.2 Å². The fourth-order valence-corrected chi connectivity index (χ4v) is 6.89. The van der Waals surface area contributed by atoms with Crippen molar-refractivity contribution >= 4 is 11.6 Å². The SMILES string of the molecule is Cn1cnnc1CC1(c2cccc(N3Cc4c(cc(C(C)(C)C5(C)CNCCO5)cc4C(F)(F)F)C3=O)c2)CC(C#N)C1. The third-order valence-corrected chi connectivity index (χ3v) is 10.1. The van der Waals surface area contributed by atoms with Gasteiger partial charge >= 0.3 is 6.18 Å². The molecule has 1 atom stereocenters. The minimum atomic E-state index is -4.64. The van der Waals surface area contributed by atoms with Crippen molar-refractivity contribution in [3.63, 3.8) is 0 Å². The Morgan fingerprint density at radius 2 is 1.98 bits per heavy atom. The van der Waals surface area contributed by atoms with Crippen molar-refractivity contribution in [2.24, 2.45) is 13.0 Å². The molecule has 3 aliphatic rings. The Morgan fingerprint density at radius 3 is 2.60 bits per heavy atom. The van der Waals surface area contributed by atoms with Gasteiger partial charge in [0.2, 0.25) is 0 Å². The summed E-state index contributed by atoms with van der Waals surface area (Å²) in [6.45, 7) is 7.06. The van der Waals surface area contributed by atoms with Gasteiger partial charge in [0, 0.05) is 54.6 Å². The van der Waals surface area contributed by atoms with Gasteiger partial charge in [0.25, 0.3) is 5.91 Å². The fraction of sp³-hybridized carbons (Fsp3) is 0.500. The van der Waals surface area contributed by atoms with E-state index < -0.39 is 28.7 Å². The first-order chi connectivity index (χ1) is 20.3. The van der Waals surface area contributed by atoms with Crippen LogP contribution in [0.2, 0.25) is 0 Å². The van der Waals surface area contributed by atoms with Crippen LogP contribution < -0.4 is 10.2 Å². The van der Waals surface area contributed by atoms with Gasteiger partial charge in [-0.2, -0.15) is 18.4 Å². The predicted octanol–water partition coefficient (Wildman–Crippen LogP) is 5.06. The Labute approximate surface area is 248 Å². The smallest absolute Gasteiger partial charge is 0.372 e. The van der Waals surface area contributed by atoms with Gasteiger partial charge in [-0.3, -0.25) is 4.79 Å². The number of alkyl halides is 3. The number of anilines is 1. The monoisotopic (exact) mass is 592 g/mol. The summed E-state index contributed by atoms with van der Waals surface area (Å²) >= 11 is 0. The van der Waals surface area contributed by atoms with Crippen LogP contribution in [0, 0.1) is 17.2 Å². The zero-order chi connectivity index (χ0) is 30.8. The highest BCUT2D eigenvalue weighted by atomic mass is 19.4. The number of aryl methyl sites for hydroxylation is 1. The minimum Gasteiger partial charge on any atom is -0.372 e. The van der Waals surface area contributed by atoms with E-state index in [-0.39, 0.29) is 29.0 Å². The van der Waals surface area contributed by atoms with Crippen LogP contribution in [0.15, 0.2) is 42.7 Å². The molecular formula is C32H35F3N6O2. The predicted molar refractivity (Wildman–Crippen MR) is 153 cm³/mol. The number of hydrogen-bond acceptors (Lipinski definition) is 6. The molecule has 0 radical (unpaired) electrons. The summed E-state index contributed by atoms with van der Waals surface area (Å²) in [5.74, 6) is 0.215. The number of aromatic nitrogens is 3. The molecule has 2 fully saturated rings. The largest absolute Gasteiger partial charge is 0.416 e. The Hall–Kier alpha value is -3.75. The number of rotatable bonds is 6. The second kappa shape index (κ2) is 10.2. The quantitative estimate of drug-likeness (QED) is 0.430. The summed E-state index contributed by atoms with van der Waals surface area (Å²) in [4.78, 5) is 15.3. The van der Waals surface area contributed by atoms with Gasteiger partial charge in [-0.1, -0.05) is 26.0 Å². The van der Waals surface area contributed by atoms with Crippen LogP contribution in [0.25, 0.3) is 0 Å². The number of halogens is 3. The van der Waals surface area contributed by atoms with Crippen molar-refractivity contribution in [1.82, 2.24) is 20.1 Å². The first-order valence-corrected chi connectivity index (χ1v) is 14.5. The second-order valence-corrected chi connectivity index (χ2v) is 12.9. The van der Waals surface area contributed by atoms with Gasteiger partial charge in [-0.25, -0.2) is 0 Å². The summed E-state index contributed by atoms with van der Waals surface area (Å²) in [5.41, 5.74) is -0.848. The van der Waals surface area contributed by atoms with Crippen LogP contribution in [0.3, 0.4) is 0 Å². The highest BCUT2D eigenvalue weighted by Gasteiger charge is 2.49. The number of carbonyl (C=O) groups is 1. The topological polar surface area (TPSA) is 96.1 Å². The Bertz CT molecular complexity index is 1610. The lowest BCUT2D eigenvalue weighted by Crippen LogP contribution is -2.58. The van der Waals surface area contributed by atoms with Gasteiger partial charge in [0.15, 0.2) is 0 Å². The van der Waals surface area contributed by atoms with Crippen molar-refractivity contribution in [3.05, 3.63) is 76.4 Å². The number of ether oxygens (including phenoxy) is 1. The van der Waals surface area contributed by atoms with Gasteiger partial charge in [0.05, 0.1) is 30.4 Å². The van der Waals surface area contributed by atoms with Crippen LogP contribution in [0.4, 0.5) is 18.9 Å². The van der Waals surface area contributed by atoms with Gasteiger partial charge < -0.3 is 19.5 Å². The van der Waals surface area contributed by atoms with E-state index in [0.717, 1.165) is 11.4 Å². The van der Waals surface area contributed by atoms with Crippen LogP contribution in [-0.4, -0.2) is 46.0 Å². The lowest BCUT2D eigenvalue weighted by molar-refractivity contribution is -0.138. The van der Waals surface area contributed by atoms with Crippen molar-refractivity contribution in [3.8, 4) is 6.07 Å². The third kappa shape index (κ3) is 4.81. The molecule has 1 N–H and O–H groups in total. The molecule has 1 saturated carbocycles. The number of benzene rings is 2. The number of morpholine rings is 1. The first kappa shape index (κ1) is 29.3. The summed E-state index contributed by atoms with van der Waals surface area (Å²) in [5, 5.41) is 21.1. The van der Waals surface area contributed by atoms with Crippen LogP contribution in [-0.2, 0) is 41.8 Å². The molecule has 226 valence electrons. The van der Waals surface area contributed by atoms with Gasteiger partial charge in [-0.15, -0.1) is 10.2 Å². The summed E-state index contributed by atoms with van der Waals surface area (Å²) in [6, 6.07) is 12.6. The maximum atomic E-state index is 14.5. The fourth-order valence-electron chi connectivity index (χ4n) is 6.89. The second-order valence-electron chi connectivity index (χ2n) is 12.9. The maximum absolute atomic E-state index is 14.5. The molecule has 1 unspecified atom stereocenters. The van der Waals surface area contributed by atoms with E-state index in [2.05, 4.69) is 21.6 Å². The average Bonchev–Trinajstić information content (AvgIpc) is 3.51. The van der Waals surface area contributed by atoms with E-state index in [1.54, 1.807) is 18.5 Å². The highest BCUT2D eigenvalue weighted by molar-refractivity contribution is 6.10. The Kier molecular flexibility index (Phi) is 6.93. The van der Waals surface area contributed by atoms with Crippen LogP contribution >= 0.6 is 0 Å². The molecule has 1 amide bonds. The lowest BCUT2D eigenvalue weighted by atomic mass is 9.57. The molecule has 11 heteroatoms. The van der Waals surface area contributed by atoms with Crippen molar-refractivity contribution in [2.75, 3.05) is 24.6 Å². The number of nitrogens with zero attached hydrogens (tertiary/aromatic N) is 5. The zero-order valence-corrected chi connectivity index (χ0v) is 24.8. The molecule has 0 bridgehead atoms. The van der Waals surface area contributed by atoms with Gasteiger partial charge in [-0.05, 0) is 60.7 Å². The van der Waals surface area contributed by atoms with Crippen molar-refractivity contribution < 1.29 is 22.7 Å². The summed E-state index contributed by atoms with van der Waals surface area (Å²) in [6.07, 6.45) is -1.20. The average molecular weight is 593 g/mol. The number of nitriles is 1. The van der Waals surface area contributed by atoms with E-state index in [1.165, 1.54) is 11.0 Å². The maximum Gasteiger partial charge on any atom is 0.416 e. The molecule has 8 nitrogen and oxygen atoms in total. The number of hydrogen-bond donors (Lipinski definition) is 1. The number of carbonyl (C=O) groups excluding carboxylic acids is 1. The van der Waals surface area contributed by atoms with Crippen LogP contribution in [0.5, 0.6) is 0 Å². The normalized spacial score (nSPS) is 25.8. The summed E-state index contributed by atoms with van der Waals surface area (Å²) in [7, 11) is 1.87. The number of fused-ring (bicyclic) bond motifs is 1. The zero-order valence-electron chi connectivity index (χ0n) is 24.8. The lowest BCUT2D eigenvalue weighted by Gasteiger charge is -2.47. The minimum absolute atomic E-state index is 0.0164. The number of nitrogens with one attached hydrogen (secondary N) is 1. The third-order valence-electron chi connectivity index (χ3n) is 10.1. The van der Waals surface area contributed by atoms with Crippen molar-refractivity contribution in [1.29, 1.82) is 5.26 Å². The molecule has 3 heterocycles. The van der Waals surface area contributed by atoms with E-state index in [9.17, 15) is 23.2 Å². The Morgan fingerprint density at radius 1 is 1.21 bits per heavy atom. The Balaban J connectivity index is 1.37. The molecule has 2 aromatic carbocycles. The molecule has 1 aliphatic carbocycles. The molecule has 6 rings (SSSR count). The van der Waals surface area contributed by atoms with E-state index in [1.807, 2.05) is 50.6 Å². The van der Waals surface area contributed by atoms with E-state index in [0.29, 0.717) is 50.2 Å². The summed E-state index contributed by atoms with van der Waals surface area (Å²) < 4.78 is 51.6. The molecule has 3 aromatic rings. The van der Waals surface area contributed by atoms with E-state index in [4.69, 9.17) is 4.74 Å². The molecule has 2 aliphatic heterocycles. The molecule has 43 heavy (non-hydrogen) atoms. The molecule has 0 spiro atoms. The highest BCUT2D eigenvalue weighted by Crippen LogP contribution is 2.51. The molecule has 1 saturated heterocycles. The first-order valence-electron chi connectivity index (χ1n) is 14.5. The van der Waals surface area contributed by atoms with E-state index >= 15 is 0 Å². The van der Waals surface area contributed by atoms with Crippen LogP contribution in [0.1, 0.15) is 72.0 Å². The molecule has 1 aromatic heterocycles. The standard InChI is InChI=1S/C32H35F3N6O2/c1-29(2,30(3)18-37-8-9-43-30)22-11-24-25(26(12-22)32(33,34)35)17-41(28(24)42)23-7-5-6-21(10-23)31(13-20(14-31)16-36)15-27-39-38-19-40(27)4/h5-7,10-12,19-20,37H,8-9,13-15,17-18H2,1-4H3. The van der Waals surface area contributed by atoms with Gasteiger partial charge in [0.1, 0.15) is 12.2 Å².